The van der Waals surface area contributed by atoms with Crippen molar-refractivity contribution >= 4 is 23.6 Å². The van der Waals surface area contributed by atoms with Crippen LogP contribution in [0, 0.1) is 0 Å². The fourth-order valence-corrected chi connectivity index (χ4v) is 4.33. The summed E-state index contributed by atoms with van der Waals surface area (Å²) in [6.45, 7) is 4.58. The lowest BCUT2D eigenvalue weighted by atomic mass is 10.2. The third kappa shape index (κ3) is 4.97. The summed E-state index contributed by atoms with van der Waals surface area (Å²) < 4.78 is 0. The topological polar surface area (TPSA) is 65.5 Å². The van der Waals surface area contributed by atoms with Crippen molar-refractivity contribution in [3.05, 3.63) is 54.2 Å². The van der Waals surface area contributed by atoms with Gasteiger partial charge in [-0.3, -0.25) is 14.5 Å². The molecule has 1 saturated carbocycles. The van der Waals surface area contributed by atoms with Gasteiger partial charge in [0.25, 0.3) is 5.91 Å². The number of carbonyl (C=O) groups is 2. The van der Waals surface area contributed by atoms with Crippen molar-refractivity contribution in [1.29, 1.82) is 0 Å². The molecule has 4 rings (SSSR count). The highest BCUT2D eigenvalue weighted by Crippen LogP contribution is 2.29. The molecular weight excluding hydrogens is 384 g/mol. The van der Waals surface area contributed by atoms with Crippen molar-refractivity contribution in [2.24, 2.45) is 0 Å². The highest BCUT2D eigenvalue weighted by atomic mass is 32.2. The number of benzene rings is 1. The molecule has 2 aromatic rings. The fraction of sp³-hybridized carbons (Fsp3) is 0.409. The summed E-state index contributed by atoms with van der Waals surface area (Å²) in [6.07, 6.45) is 3.91. The molecule has 2 aliphatic rings. The van der Waals surface area contributed by atoms with Crippen LogP contribution in [0.4, 0.5) is 0 Å². The molecule has 1 atom stereocenters. The van der Waals surface area contributed by atoms with Gasteiger partial charge in [0.1, 0.15) is 5.03 Å². The minimum Gasteiger partial charge on any atom is -0.352 e. The zero-order valence-electron chi connectivity index (χ0n) is 16.6. The van der Waals surface area contributed by atoms with Crippen LogP contribution >= 0.6 is 11.8 Å². The Morgan fingerprint density at radius 1 is 1.07 bits per heavy atom. The zero-order valence-corrected chi connectivity index (χ0v) is 17.4. The number of carbonyl (C=O) groups excluding carboxylic acids is 2. The van der Waals surface area contributed by atoms with E-state index in [1.54, 1.807) is 6.20 Å². The first kappa shape index (κ1) is 19.9. The van der Waals surface area contributed by atoms with E-state index in [1.165, 1.54) is 11.8 Å². The average Bonchev–Trinajstić information content (AvgIpc) is 3.58. The summed E-state index contributed by atoms with van der Waals surface area (Å²) in [6, 6.07) is 13.8. The standard InChI is InChI=1S/C22H26N4O2S/c1-16(20(27)24-17-9-10-17)25-12-14-26(15-13-25)22(28)19-8-5-11-23-21(19)29-18-6-3-2-4-7-18/h2-8,11,16-17H,9-10,12-15H2,1H3,(H,24,27). The molecule has 0 bridgehead atoms. The molecule has 7 heteroatoms. The number of hydrogen-bond acceptors (Lipinski definition) is 5. The second-order valence-electron chi connectivity index (χ2n) is 7.56. The van der Waals surface area contributed by atoms with Gasteiger partial charge in [0.2, 0.25) is 5.91 Å². The van der Waals surface area contributed by atoms with Crippen molar-refractivity contribution in [3.8, 4) is 0 Å². The maximum absolute atomic E-state index is 13.1. The van der Waals surface area contributed by atoms with E-state index in [0.717, 1.165) is 22.8 Å². The quantitative estimate of drug-likeness (QED) is 0.793. The SMILES string of the molecule is CC(C(=O)NC1CC1)N1CCN(C(=O)c2cccnc2Sc2ccccc2)CC1. The molecule has 1 aliphatic carbocycles. The monoisotopic (exact) mass is 410 g/mol. The van der Waals surface area contributed by atoms with Gasteiger partial charge in [-0.05, 0) is 44.0 Å². The van der Waals surface area contributed by atoms with Crippen molar-refractivity contribution in [2.45, 2.75) is 41.8 Å². The lowest BCUT2D eigenvalue weighted by Gasteiger charge is -2.37. The molecule has 2 heterocycles. The van der Waals surface area contributed by atoms with Gasteiger partial charge in [0.15, 0.2) is 0 Å². The number of hydrogen-bond donors (Lipinski definition) is 1. The number of pyridine rings is 1. The molecule has 0 spiro atoms. The number of piperazine rings is 1. The Morgan fingerprint density at radius 3 is 2.48 bits per heavy atom. The van der Waals surface area contributed by atoms with E-state index in [1.807, 2.05) is 54.3 Å². The first-order valence-corrected chi connectivity index (χ1v) is 10.9. The Labute approximate surface area is 175 Å². The van der Waals surface area contributed by atoms with Crippen LogP contribution in [0.2, 0.25) is 0 Å². The molecule has 6 nitrogen and oxygen atoms in total. The van der Waals surface area contributed by atoms with Gasteiger partial charge in [0, 0.05) is 43.3 Å². The number of aromatic nitrogens is 1. The van der Waals surface area contributed by atoms with Crippen LogP contribution in [-0.4, -0.2) is 64.9 Å². The summed E-state index contributed by atoms with van der Waals surface area (Å²) in [4.78, 5) is 35.0. The van der Waals surface area contributed by atoms with E-state index >= 15 is 0 Å². The highest BCUT2D eigenvalue weighted by Gasteiger charge is 2.31. The number of nitrogens with one attached hydrogen (secondary N) is 1. The Morgan fingerprint density at radius 2 is 1.79 bits per heavy atom. The fourth-order valence-electron chi connectivity index (χ4n) is 3.43. The van der Waals surface area contributed by atoms with E-state index in [2.05, 4.69) is 15.2 Å². The smallest absolute Gasteiger partial charge is 0.256 e. The Balaban J connectivity index is 1.38. The summed E-state index contributed by atoms with van der Waals surface area (Å²) in [5.41, 5.74) is 0.634. The van der Waals surface area contributed by atoms with E-state index < -0.39 is 0 Å². The first-order valence-electron chi connectivity index (χ1n) is 10.1. The average molecular weight is 411 g/mol. The van der Waals surface area contributed by atoms with Gasteiger partial charge in [-0.25, -0.2) is 4.98 Å². The molecule has 1 aliphatic heterocycles. The molecule has 29 heavy (non-hydrogen) atoms. The van der Waals surface area contributed by atoms with E-state index in [9.17, 15) is 9.59 Å². The summed E-state index contributed by atoms with van der Waals surface area (Å²) in [7, 11) is 0. The molecule has 1 aromatic carbocycles. The molecule has 152 valence electrons. The molecular formula is C22H26N4O2S. The molecule has 1 saturated heterocycles. The van der Waals surface area contributed by atoms with Gasteiger partial charge < -0.3 is 10.2 Å². The molecule has 2 fully saturated rings. The Kier molecular flexibility index (Phi) is 6.16. The Hall–Kier alpha value is -2.38. The lowest BCUT2D eigenvalue weighted by Crippen LogP contribution is -2.55. The van der Waals surface area contributed by atoms with Crippen molar-refractivity contribution in [3.63, 3.8) is 0 Å². The van der Waals surface area contributed by atoms with Gasteiger partial charge >= 0.3 is 0 Å². The lowest BCUT2D eigenvalue weighted by molar-refractivity contribution is -0.126. The van der Waals surface area contributed by atoms with Gasteiger partial charge in [-0.1, -0.05) is 30.0 Å². The second-order valence-corrected chi connectivity index (χ2v) is 8.62. The normalized spacial score (nSPS) is 18.3. The van der Waals surface area contributed by atoms with Crippen LogP contribution in [0.3, 0.4) is 0 Å². The van der Waals surface area contributed by atoms with Crippen LogP contribution in [0.1, 0.15) is 30.1 Å². The summed E-state index contributed by atoms with van der Waals surface area (Å²) in [5.74, 6) is 0.104. The van der Waals surface area contributed by atoms with Crippen LogP contribution in [-0.2, 0) is 4.79 Å². The number of rotatable bonds is 6. The third-order valence-electron chi connectivity index (χ3n) is 5.41. The van der Waals surface area contributed by atoms with Crippen LogP contribution in [0.5, 0.6) is 0 Å². The largest absolute Gasteiger partial charge is 0.352 e. The predicted molar refractivity (Wildman–Crippen MR) is 113 cm³/mol. The highest BCUT2D eigenvalue weighted by molar-refractivity contribution is 7.99. The van der Waals surface area contributed by atoms with Gasteiger partial charge in [-0.15, -0.1) is 0 Å². The number of nitrogens with zero attached hydrogens (tertiary/aromatic N) is 3. The maximum atomic E-state index is 13.1. The van der Waals surface area contributed by atoms with E-state index in [-0.39, 0.29) is 17.9 Å². The molecule has 1 aromatic heterocycles. The second kappa shape index (κ2) is 8.97. The van der Waals surface area contributed by atoms with Crippen molar-refractivity contribution < 1.29 is 9.59 Å². The first-order chi connectivity index (χ1) is 14.1. The number of amides is 2. The van der Waals surface area contributed by atoms with Crippen molar-refractivity contribution in [1.82, 2.24) is 20.1 Å². The van der Waals surface area contributed by atoms with Gasteiger partial charge in [0.05, 0.1) is 11.6 Å². The summed E-state index contributed by atoms with van der Waals surface area (Å²) in [5, 5.41) is 3.79. The Bertz CT molecular complexity index is 864. The molecule has 1 unspecified atom stereocenters. The van der Waals surface area contributed by atoms with Crippen LogP contribution in [0.25, 0.3) is 0 Å². The van der Waals surface area contributed by atoms with Crippen molar-refractivity contribution in [2.75, 3.05) is 26.2 Å². The zero-order chi connectivity index (χ0) is 20.2. The summed E-state index contributed by atoms with van der Waals surface area (Å²) >= 11 is 1.51. The molecule has 0 radical (unpaired) electrons. The minimum atomic E-state index is -0.157. The van der Waals surface area contributed by atoms with E-state index in [0.29, 0.717) is 37.8 Å². The maximum Gasteiger partial charge on any atom is 0.256 e. The minimum absolute atomic E-state index is 0.00580. The molecule has 1 N–H and O–H groups in total. The third-order valence-corrected chi connectivity index (χ3v) is 6.44. The van der Waals surface area contributed by atoms with Crippen LogP contribution < -0.4 is 5.32 Å². The predicted octanol–water partition coefficient (Wildman–Crippen LogP) is 2.66. The van der Waals surface area contributed by atoms with Crippen LogP contribution in [0.15, 0.2) is 58.6 Å². The van der Waals surface area contributed by atoms with E-state index in [4.69, 9.17) is 0 Å². The molecule has 2 amide bonds. The van der Waals surface area contributed by atoms with Gasteiger partial charge in [-0.2, -0.15) is 0 Å².